The lowest BCUT2D eigenvalue weighted by Crippen LogP contribution is -2.18. The van der Waals surface area contributed by atoms with Crippen LogP contribution in [0.4, 0.5) is 0 Å². The molecule has 7 nitrogen and oxygen atoms in total. The number of ether oxygens (including phenoxy) is 1. The molecule has 1 aromatic heterocycles. The number of nitrogens with zero attached hydrogens (tertiary/aromatic N) is 2. The molecule has 2 N–H and O–H groups in total. The van der Waals surface area contributed by atoms with Gasteiger partial charge in [-0.15, -0.1) is 0 Å². The summed E-state index contributed by atoms with van der Waals surface area (Å²) in [6.45, 7) is 1.99. The van der Waals surface area contributed by atoms with E-state index in [1.165, 1.54) is 6.92 Å². The summed E-state index contributed by atoms with van der Waals surface area (Å²) in [6, 6.07) is 0. The molecular weight excluding hydrogens is 258 g/mol. The van der Waals surface area contributed by atoms with Gasteiger partial charge in [0.25, 0.3) is 5.89 Å². The van der Waals surface area contributed by atoms with E-state index in [0.717, 1.165) is 19.1 Å². The van der Waals surface area contributed by atoms with Crippen LogP contribution in [-0.2, 0) is 14.6 Å². The van der Waals surface area contributed by atoms with Gasteiger partial charge in [-0.2, -0.15) is 4.98 Å². The molecule has 1 fully saturated rings. The topological polar surface area (TPSA) is 108 Å². The van der Waals surface area contributed by atoms with Gasteiger partial charge in [0.2, 0.25) is 0 Å². The number of nitrogens with two attached hydrogens (primary N) is 1. The Bertz CT molecular complexity index is 513. The normalized spacial score (nSPS) is 26.4. The van der Waals surface area contributed by atoms with Gasteiger partial charge in [-0.1, -0.05) is 5.16 Å². The lowest BCUT2D eigenvalue weighted by Gasteiger charge is -2.07. The minimum Gasteiger partial charge on any atom is -0.364 e. The molecule has 0 amide bonds. The summed E-state index contributed by atoms with van der Waals surface area (Å²) in [4.78, 5) is 4.10. The van der Waals surface area contributed by atoms with E-state index >= 15 is 0 Å². The highest BCUT2D eigenvalue weighted by atomic mass is 32.2. The van der Waals surface area contributed by atoms with Crippen LogP contribution in [0.25, 0.3) is 0 Å². The van der Waals surface area contributed by atoms with Gasteiger partial charge in [-0.05, 0) is 19.8 Å². The second-order valence-corrected chi connectivity index (χ2v) is 6.89. The second-order valence-electron chi connectivity index (χ2n) is 4.52. The molecule has 2 rings (SSSR count). The molecular formula is C10H17N3O4S. The first-order chi connectivity index (χ1) is 8.41. The molecule has 3 atom stereocenters. The number of rotatable bonds is 4. The monoisotopic (exact) mass is 275 g/mol. The van der Waals surface area contributed by atoms with Gasteiger partial charge >= 0.3 is 0 Å². The lowest BCUT2D eigenvalue weighted by molar-refractivity contribution is 0.0307. The first-order valence-corrected chi connectivity index (χ1v) is 7.75. The van der Waals surface area contributed by atoms with Crippen LogP contribution >= 0.6 is 0 Å². The van der Waals surface area contributed by atoms with E-state index in [1.807, 2.05) is 0 Å². The van der Waals surface area contributed by atoms with Crippen LogP contribution < -0.4 is 5.73 Å². The molecule has 102 valence electrons. The van der Waals surface area contributed by atoms with Gasteiger partial charge in [0.05, 0.1) is 6.10 Å². The zero-order chi connectivity index (χ0) is 13.3. The van der Waals surface area contributed by atoms with Crippen molar-refractivity contribution >= 4 is 9.84 Å². The van der Waals surface area contributed by atoms with E-state index in [1.54, 1.807) is 0 Å². The van der Waals surface area contributed by atoms with Crippen molar-refractivity contribution < 1.29 is 17.7 Å². The van der Waals surface area contributed by atoms with E-state index in [9.17, 15) is 8.42 Å². The van der Waals surface area contributed by atoms with Crippen LogP contribution in [0.2, 0.25) is 0 Å². The summed E-state index contributed by atoms with van der Waals surface area (Å²) >= 11 is 0. The van der Waals surface area contributed by atoms with Crippen molar-refractivity contribution in [2.45, 2.75) is 37.2 Å². The van der Waals surface area contributed by atoms with Crippen LogP contribution in [0.3, 0.4) is 0 Å². The Morgan fingerprint density at radius 2 is 2.22 bits per heavy atom. The highest BCUT2D eigenvalue weighted by Crippen LogP contribution is 2.32. The van der Waals surface area contributed by atoms with E-state index in [4.69, 9.17) is 15.0 Å². The predicted octanol–water partition coefficient (Wildman–Crippen LogP) is 0.354. The minimum absolute atomic E-state index is 0.0117. The van der Waals surface area contributed by atoms with Crippen molar-refractivity contribution in [2.75, 3.05) is 12.8 Å². The molecule has 3 unspecified atom stereocenters. The van der Waals surface area contributed by atoms with E-state index in [-0.39, 0.29) is 18.0 Å². The lowest BCUT2D eigenvalue weighted by atomic mass is 10.2. The van der Waals surface area contributed by atoms with Crippen LogP contribution in [0, 0.1) is 0 Å². The molecule has 0 bridgehead atoms. The smallest absolute Gasteiger partial charge is 0.255 e. The average Bonchev–Trinajstić information content (AvgIpc) is 2.95. The Morgan fingerprint density at radius 3 is 2.78 bits per heavy atom. The molecule has 0 spiro atoms. The van der Waals surface area contributed by atoms with Gasteiger partial charge in [-0.3, -0.25) is 0 Å². The van der Waals surface area contributed by atoms with Gasteiger partial charge in [-0.25, -0.2) is 8.42 Å². The Labute approximate surface area is 106 Å². The molecule has 0 saturated carbocycles. The number of sulfone groups is 1. The summed E-state index contributed by atoms with van der Waals surface area (Å²) in [6.07, 6.45) is 2.49. The molecule has 18 heavy (non-hydrogen) atoms. The van der Waals surface area contributed by atoms with E-state index < -0.39 is 15.1 Å². The Balaban J connectivity index is 2.12. The Hall–Kier alpha value is -0.990. The van der Waals surface area contributed by atoms with Crippen LogP contribution in [0.15, 0.2) is 4.52 Å². The van der Waals surface area contributed by atoms with E-state index in [2.05, 4.69) is 10.1 Å². The molecule has 1 aliphatic rings. The van der Waals surface area contributed by atoms with Crippen molar-refractivity contribution in [1.29, 1.82) is 0 Å². The van der Waals surface area contributed by atoms with Crippen molar-refractivity contribution in [3.8, 4) is 0 Å². The van der Waals surface area contributed by atoms with Gasteiger partial charge in [0.1, 0.15) is 11.4 Å². The van der Waals surface area contributed by atoms with Crippen LogP contribution in [0.5, 0.6) is 0 Å². The summed E-state index contributed by atoms with van der Waals surface area (Å²) in [5.74, 6) is 0.503. The fourth-order valence-corrected chi connectivity index (χ4v) is 2.27. The van der Waals surface area contributed by atoms with E-state index in [0.29, 0.717) is 12.4 Å². The van der Waals surface area contributed by atoms with Crippen LogP contribution in [0.1, 0.15) is 42.8 Å². The first-order valence-electron chi connectivity index (χ1n) is 5.79. The SMILES string of the molecule is CC(c1noc(C2CCC(CN)O2)n1)S(C)(=O)=O. The van der Waals surface area contributed by atoms with Crippen molar-refractivity contribution in [3.05, 3.63) is 11.7 Å². The summed E-state index contributed by atoms with van der Waals surface area (Å²) in [7, 11) is -3.23. The molecule has 1 saturated heterocycles. The zero-order valence-electron chi connectivity index (χ0n) is 10.4. The average molecular weight is 275 g/mol. The number of hydrogen-bond donors (Lipinski definition) is 1. The summed E-state index contributed by atoms with van der Waals surface area (Å²) in [5, 5.41) is 2.93. The third-order valence-corrected chi connectivity index (χ3v) is 4.60. The minimum atomic E-state index is -3.23. The largest absolute Gasteiger partial charge is 0.364 e. The molecule has 0 aromatic carbocycles. The van der Waals surface area contributed by atoms with Crippen LogP contribution in [-0.4, -0.2) is 37.5 Å². The Morgan fingerprint density at radius 1 is 1.50 bits per heavy atom. The number of hydrogen-bond acceptors (Lipinski definition) is 7. The third kappa shape index (κ3) is 2.70. The molecule has 0 aliphatic carbocycles. The molecule has 0 radical (unpaired) electrons. The molecule has 8 heteroatoms. The zero-order valence-corrected chi connectivity index (χ0v) is 11.2. The van der Waals surface area contributed by atoms with Crippen molar-refractivity contribution in [1.82, 2.24) is 10.1 Å². The molecule has 2 heterocycles. The second kappa shape index (κ2) is 4.94. The van der Waals surface area contributed by atoms with Crippen molar-refractivity contribution in [3.63, 3.8) is 0 Å². The van der Waals surface area contributed by atoms with Gasteiger partial charge in [0, 0.05) is 12.8 Å². The maximum absolute atomic E-state index is 11.4. The quantitative estimate of drug-likeness (QED) is 0.844. The summed E-state index contributed by atoms with van der Waals surface area (Å²) < 4.78 is 33.5. The fraction of sp³-hybridized carbons (Fsp3) is 0.800. The fourth-order valence-electron chi connectivity index (χ4n) is 1.80. The van der Waals surface area contributed by atoms with Crippen molar-refractivity contribution in [2.24, 2.45) is 5.73 Å². The van der Waals surface area contributed by atoms with Gasteiger partial charge < -0.3 is 15.0 Å². The number of aromatic nitrogens is 2. The highest BCUT2D eigenvalue weighted by molar-refractivity contribution is 7.90. The maximum atomic E-state index is 11.4. The molecule has 1 aliphatic heterocycles. The first kappa shape index (κ1) is 13.4. The predicted molar refractivity (Wildman–Crippen MR) is 63.5 cm³/mol. The summed E-state index contributed by atoms with van der Waals surface area (Å²) in [5.41, 5.74) is 5.51. The Kier molecular flexibility index (Phi) is 3.69. The third-order valence-electron chi connectivity index (χ3n) is 3.11. The maximum Gasteiger partial charge on any atom is 0.255 e. The highest BCUT2D eigenvalue weighted by Gasteiger charge is 2.31. The molecule has 1 aromatic rings. The standard InChI is InChI=1S/C10H17N3O4S/c1-6(18(2,14)15)9-12-10(17-13-9)8-4-3-7(5-11)16-8/h6-8H,3-5,11H2,1-2H3. The van der Waals surface area contributed by atoms with Gasteiger partial charge in [0.15, 0.2) is 15.7 Å².